The van der Waals surface area contributed by atoms with Gasteiger partial charge in [-0.05, 0) is 30.8 Å². The molecule has 0 bridgehead atoms. The van der Waals surface area contributed by atoms with Gasteiger partial charge in [0.05, 0.1) is 17.6 Å². The van der Waals surface area contributed by atoms with Crippen LogP contribution in [0.3, 0.4) is 0 Å². The maximum absolute atomic E-state index is 9.71. The predicted molar refractivity (Wildman–Crippen MR) is 96.0 cm³/mol. The summed E-state index contributed by atoms with van der Waals surface area (Å²) in [4.78, 5) is 6.72. The zero-order valence-corrected chi connectivity index (χ0v) is 14.0. The standard InChI is InChI=1S/C19H18N6/c1-24-10-8-16-15(12-24)18(14(11-20)19(21)23-16)17-7-9-22-25(17)13-5-3-2-4-6-13/h2-7,9H,8,10,12H2,1H3,(H2,21,23). The number of nitrogen functional groups attached to an aromatic ring is 1. The summed E-state index contributed by atoms with van der Waals surface area (Å²) in [6, 6.07) is 14.1. The van der Waals surface area contributed by atoms with E-state index in [2.05, 4.69) is 28.1 Å². The molecule has 124 valence electrons. The van der Waals surface area contributed by atoms with E-state index in [-0.39, 0.29) is 0 Å². The summed E-state index contributed by atoms with van der Waals surface area (Å²) in [5.41, 5.74) is 11.2. The lowest BCUT2D eigenvalue weighted by molar-refractivity contribution is 0.310. The molecular weight excluding hydrogens is 312 g/mol. The second-order valence-electron chi connectivity index (χ2n) is 6.24. The smallest absolute Gasteiger partial charge is 0.142 e. The number of fused-ring (bicyclic) bond motifs is 1. The van der Waals surface area contributed by atoms with Crippen molar-refractivity contribution in [1.82, 2.24) is 19.7 Å². The highest BCUT2D eigenvalue weighted by Gasteiger charge is 2.25. The maximum atomic E-state index is 9.71. The molecule has 1 aromatic carbocycles. The molecule has 6 nitrogen and oxygen atoms in total. The molecular formula is C19H18N6. The second kappa shape index (κ2) is 6.04. The van der Waals surface area contributed by atoms with Gasteiger partial charge in [-0.3, -0.25) is 0 Å². The van der Waals surface area contributed by atoms with Gasteiger partial charge in [-0.1, -0.05) is 18.2 Å². The number of anilines is 1. The molecule has 3 heterocycles. The molecule has 4 rings (SSSR count). The fraction of sp³-hybridized carbons (Fsp3) is 0.211. The molecule has 25 heavy (non-hydrogen) atoms. The lowest BCUT2D eigenvalue weighted by atomic mass is 9.94. The minimum Gasteiger partial charge on any atom is -0.383 e. The van der Waals surface area contributed by atoms with Crippen molar-refractivity contribution in [3.63, 3.8) is 0 Å². The Morgan fingerprint density at radius 2 is 2.00 bits per heavy atom. The summed E-state index contributed by atoms with van der Waals surface area (Å²) in [7, 11) is 2.07. The molecule has 0 atom stereocenters. The Balaban J connectivity index is 2.00. The molecule has 0 aliphatic carbocycles. The number of pyridine rings is 1. The van der Waals surface area contributed by atoms with Crippen LogP contribution in [0, 0.1) is 11.3 Å². The highest BCUT2D eigenvalue weighted by atomic mass is 15.3. The van der Waals surface area contributed by atoms with Crippen molar-refractivity contribution < 1.29 is 0 Å². The Hall–Kier alpha value is -3.17. The number of benzene rings is 1. The van der Waals surface area contributed by atoms with Crippen LogP contribution in [0.25, 0.3) is 16.9 Å². The van der Waals surface area contributed by atoms with Gasteiger partial charge in [0.2, 0.25) is 0 Å². The van der Waals surface area contributed by atoms with Crippen molar-refractivity contribution in [2.45, 2.75) is 13.0 Å². The molecule has 6 heteroatoms. The minimum absolute atomic E-state index is 0.293. The average Bonchev–Trinajstić information content (AvgIpc) is 3.11. The predicted octanol–water partition coefficient (Wildman–Crippen LogP) is 2.38. The molecule has 3 aromatic rings. The molecule has 2 aromatic heterocycles. The van der Waals surface area contributed by atoms with E-state index in [9.17, 15) is 5.26 Å². The van der Waals surface area contributed by atoms with E-state index in [1.165, 1.54) is 0 Å². The summed E-state index contributed by atoms with van der Waals surface area (Å²) in [5, 5.41) is 14.2. The summed E-state index contributed by atoms with van der Waals surface area (Å²) in [5.74, 6) is 0.293. The summed E-state index contributed by atoms with van der Waals surface area (Å²) in [6.45, 7) is 1.68. The van der Waals surface area contributed by atoms with E-state index in [0.717, 1.165) is 47.7 Å². The van der Waals surface area contributed by atoms with Crippen molar-refractivity contribution >= 4 is 5.82 Å². The number of likely N-dealkylation sites (N-methyl/N-ethyl adjacent to an activating group) is 1. The van der Waals surface area contributed by atoms with Crippen LogP contribution in [-0.2, 0) is 13.0 Å². The lowest BCUT2D eigenvalue weighted by Crippen LogP contribution is -2.28. The minimum atomic E-state index is 0.293. The molecule has 0 unspecified atom stereocenters. The Labute approximate surface area is 146 Å². The van der Waals surface area contributed by atoms with Crippen LogP contribution in [0.4, 0.5) is 5.82 Å². The van der Waals surface area contributed by atoms with Crippen LogP contribution in [0.1, 0.15) is 16.8 Å². The zero-order valence-electron chi connectivity index (χ0n) is 14.0. The third kappa shape index (κ3) is 2.55. The van der Waals surface area contributed by atoms with Crippen LogP contribution < -0.4 is 5.73 Å². The quantitative estimate of drug-likeness (QED) is 0.780. The largest absolute Gasteiger partial charge is 0.383 e. The Morgan fingerprint density at radius 3 is 2.76 bits per heavy atom. The first-order chi connectivity index (χ1) is 12.2. The topological polar surface area (TPSA) is 83.8 Å². The molecule has 1 aliphatic rings. The highest BCUT2D eigenvalue weighted by molar-refractivity contribution is 5.78. The number of para-hydroxylation sites is 1. The molecule has 0 amide bonds. The zero-order chi connectivity index (χ0) is 17.4. The normalized spacial score (nSPS) is 14.1. The summed E-state index contributed by atoms with van der Waals surface area (Å²) >= 11 is 0. The number of rotatable bonds is 2. The van der Waals surface area contributed by atoms with Crippen molar-refractivity contribution in [3.05, 3.63) is 59.4 Å². The van der Waals surface area contributed by atoms with E-state index in [1.807, 2.05) is 41.1 Å². The third-order valence-corrected chi connectivity index (χ3v) is 4.58. The van der Waals surface area contributed by atoms with Crippen molar-refractivity contribution in [1.29, 1.82) is 5.26 Å². The van der Waals surface area contributed by atoms with E-state index < -0.39 is 0 Å². The summed E-state index contributed by atoms with van der Waals surface area (Å²) in [6.07, 6.45) is 2.58. The van der Waals surface area contributed by atoms with Crippen LogP contribution in [0.2, 0.25) is 0 Å². The molecule has 2 N–H and O–H groups in total. The van der Waals surface area contributed by atoms with E-state index >= 15 is 0 Å². The monoisotopic (exact) mass is 330 g/mol. The number of nitrogens with two attached hydrogens (primary N) is 1. The maximum Gasteiger partial charge on any atom is 0.142 e. The van der Waals surface area contributed by atoms with E-state index in [0.29, 0.717) is 11.4 Å². The van der Waals surface area contributed by atoms with Gasteiger partial charge in [0.1, 0.15) is 17.5 Å². The fourth-order valence-corrected chi connectivity index (χ4v) is 3.38. The van der Waals surface area contributed by atoms with E-state index in [4.69, 9.17) is 5.73 Å². The van der Waals surface area contributed by atoms with Crippen molar-refractivity contribution in [2.75, 3.05) is 19.3 Å². The van der Waals surface area contributed by atoms with Gasteiger partial charge in [-0.15, -0.1) is 0 Å². The fourth-order valence-electron chi connectivity index (χ4n) is 3.38. The lowest BCUT2D eigenvalue weighted by Gasteiger charge is -2.27. The number of hydrogen-bond donors (Lipinski definition) is 1. The molecule has 1 aliphatic heterocycles. The molecule has 0 spiro atoms. The van der Waals surface area contributed by atoms with Gasteiger partial charge in [-0.25, -0.2) is 9.67 Å². The Bertz CT molecular complexity index is 968. The first kappa shape index (κ1) is 15.4. The Kier molecular flexibility index (Phi) is 3.71. The third-order valence-electron chi connectivity index (χ3n) is 4.58. The SMILES string of the molecule is CN1CCc2nc(N)c(C#N)c(-c3ccnn3-c3ccccc3)c2C1. The first-order valence-electron chi connectivity index (χ1n) is 8.18. The van der Waals surface area contributed by atoms with Crippen LogP contribution in [0.15, 0.2) is 42.6 Å². The summed E-state index contributed by atoms with van der Waals surface area (Å²) < 4.78 is 1.85. The molecule has 0 saturated carbocycles. The van der Waals surface area contributed by atoms with Gasteiger partial charge in [-0.2, -0.15) is 10.4 Å². The Morgan fingerprint density at radius 1 is 1.20 bits per heavy atom. The van der Waals surface area contributed by atoms with Gasteiger partial charge < -0.3 is 10.6 Å². The molecule has 0 saturated heterocycles. The average molecular weight is 330 g/mol. The van der Waals surface area contributed by atoms with Gasteiger partial charge in [0.25, 0.3) is 0 Å². The highest BCUT2D eigenvalue weighted by Crippen LogP contribution is 2.35. The van der Waals surface area contributed by atoms with Crippen LogP contribution in [-0.4, -0.2) is 33.3 Å². The van der Waals surface area contributed by atoms with Crippen molar-refractivity contribution in [3.8, 4) is 23.0 Å². The van der Waals surface area contributed by atoms with Gasteiger partial charge in [0.15, 0.2) is 0 Å². The number of nitrogens with zero attached hydrogens (tertiary/aromatic N) is 5. The van der Waals surface area contributed by atoms with Crippen molar-refractivity contribution in [2.24, 2.45) is 0 Å². The van der Waals surface area contributed by atoms with Crippen LogP contribution >= 0.6 is 0 Å². The number of aromatic nitrogens is 3. The molecule has 0 fully saturated rings. The number of hydrogen-bond acceptors (Lipinski definition) is 5. The number of nitriles is 1. The van der Waals surface area contributed by atoms with Gasteiger partial charge in [0, 0.05) is 30.8 Å². The van der Waals surface area contributed by atoms with Gasteiger partial charge >= 0.3 is 0 Å². The molecule has 0 radical (unpaired) electrons. The van der Waals surface area contributed by atoms with Crippen LogP contribution in [0.5, 0.6) is 0 Å². The second-order valence-corrected chi connectivity index (χ2v) is 6.24. The first-order valence-corrected chi connectivity index (χ1v) is 8.18. The van der Waals surface area contributed by atoms with E-state index in [1.54, 1.807) is 6.20 Å².